The van der Waals surface area contributed by atoms with Crippen LogP contribution in [0.25, 0.3) is 21.7 Å². The molecule has 2 aromatic carbocycles. The quantitative estimate of drug-likeness (QED) is 0.414. The Morgan fingerprint density at radius 2 is 1.62 bits per heavy atom. The summed E-state index contributed by atoms with van der Waals surface area (Å²) in [6.45, 7) is 2.59. The first-order valence-corrected chi connectivity index (χ1v) is 9.47. The molecule has 4 aromatic rings. The van der Waals surface area contributed by atoms with E-state index in [1.807, 2.05) is 36.4 Å². The molecule has 0 bridgehead atoms. The molecule has 2 heterocycles. The van der Waals surface area contributed by atoms with Gasteiger partial charge in [0.05, 0.1) is 5.69 Å². The first-order chi connectivity index (χ1) is 12.8. The second-order valence-corrected chi connectivity index (χ2v) is 7.05. The van der Waals surface area contributed by atoms with E-state index in [0.29, 0.717) is 12.5 Å². The van der Waals surface area contributed by atoms with E-state index in [-0.39, 0.29) is 0 Å². The number of pyridine rings is 1. The van der Waals surface area contributed by atoms with Crippen molar-refractivity contribution in [2.75, 3.05) is 0 Å². The van der Waals surface area contributed by atoms with Gasteiger partial charge in [-0.3, -0.25) is 0 Å². The van der Waals surface area contributed by atoms with E-state index >= 15 is 0 Å². The lowest BCUT2D eigenvalue weighted by atomic mass is 10.0. The number of aromatic nitrogens is 1. The van der Waals surface area contributed by atoms with Crippen LogP contribution in [0, 0.1) is 6.92 Å². The Kier molecular flexibility index (Phi) is 4.80. The molecule has 0 N–H and O–H groups in total. The van der Waals surface area contributed by atoms with Crippen LogP contribution in [0.1, 0.15) is 11.1 Å². The molecule has 2 aromatic heterocycles. The van der Waals surface area contributed by atoms with Crippen LogP contribution in [-0.4, -0.2) is 4.98 Å². The van der Waals surface area contributed by atoms with E-state index in [0.717, 1.165) is 22.4 Å². The molecular formula is C23H19NOS. The Hall–Kier alpha value is -2.91. The summed E-state index contributed by atoms with van der Waals surface area (Å²) in [5, 5.41) is 2.10. The predicted octanol–water partition coefficient (Wildman–Crippen LogP) is 6.36. The molecule has 128 valence electrons. The second-order valence-electron chi connectivity index (χ2n) is 6.10. The van der Waals surface area contributed by atoms with Crippen molar-refractivity contribution in [1.29, 1.82) is 0 Å². The fraction of sp³-hybridized carbons (Fsp3) is 0.0870. The molecule has 4 rings (SSSR count). The molecule has 0 amide bonds. The highest BCUT2D eigenvalue weighted by atomic mass is 32.1. The zero-order chi connectivity index (χ0) is 17.8. The third-order valence-corrected chi connectivity index (χ3v) is 5.21. The molecule has 0 fully saturated rings. The van der Waals surface area contributed by atoms with Gasteiger partial charge in [0.25, 0.3) is 0 Å². The Bertz CT molecular complexity index is 980. The van der Waals surface area contributed by atoms with E-state index in [2.05, 4.69) is 54.8 Å². The minimum atomic E-state index is 0.511. The van der Waals surface area contributed by atoms with Crippen LogP contribution in [0.2, 0.25) is 0 Å². The molecule has 0 saturated carbocycles. The van der Waals surface area contributed by atoms with Crippen molar-refractivity contribution in [1.82, 2.24) is 4.98 Å². The molecular weight excluding hydrogens is 338 g/mol. The van der Waals surface area contributed by atoms with E-state index < -0.39 is 0 Å². The molecule has 0 aliphatic rings. The van der Waals surface area contributed by atoms with Gasteiger partial charge in [-0.05, 0) is 30.0 Å². The van der Waals surface area contributed by atoms with Crippen LogP contribution in [0.3, 0.4) is 0 Å². The summed E-state index contributed by atoms with van der Waals surface area (Å²) in [7, 11) is 0. The molecule has 0 aliphatic heterocycles. The van der Waals surface area contributed by atoms with Crippen molar-refractivity contribution in [3.05, 3.63) is 95.4 Å². The summed E-state index contributed by atoms with van der Waals surface area (Å²) < 4.78 is 6.12. The topological polar surface area (TPSA) is 22.1 Å². The average molecular weight is 357 g/mol. The molecule has 0 unspecified atom stereocenters. The Balaban J connectivity index is 1.75. The Morgan fingerprint density at radius 1 is 0.885 bits per heavy atom. The third-order valence-electron chi connectivity index (χ3n) is 4.30. The maximum atomic E-state index is 6.12. The van der Waals surface area contributed by atoms with Crippen LogP contribution in [0.4, 0.5) is 0 Å². The number of nitrogens with zero attached hydrogens (tertiary/aromatic N) is 1. The summed E-state index contributed by atoms with van der Waals surface area (Å²) in [6.07, 6.45) is 0. The lowest BCUT2D eigenvalue weighted by Gasteiger charge is -2.14. The molecule has 26 heavy (non-hydrogen) atoms. The van der Waals surface area contributed by atoms with E-state index in [1.165, 1.54) is 10.4 Å². The van der Waals surface area contributed by atoms with Crippen LogP contribution in [0.15, 0.2) is 84.2 Å². The fourth-order valence-electron chi connectivity index (χ4n) is 2.90. The number of benzene rings is 2. The van der Waals surface area contributed by atoms with Crippen molar-refractivity contribution >= 4 is 11.3 Å². The maximum absolute atomic E-state index is 6.12. The van der Waals surface area contributed by atoms with Gasteiger partial charge in [-0.1, -0.05) is 66.7 Å². The van der Waals surface area contributed by atoms with Gasteiger partial charge in [0.2, 0.25) is 5.88 Å². The summed E-state index contributed by atoms with van der Waals surface area (Å²) in [5.41, 5.74) is 5.41. The van der Waals surface area contributed by atoms with Crippen molar-refractivity contribution in [2.45, 2.75) is 13.5 Å². The van der Waals surface area contributed by atoms with Gasteiger partial charge in [-0.15, -0.1) is 11.3 Å². The number of hydrogen-bond donors (Lipinski definition) is 0. The fourth-order valence-corrected chi connectivity index (χ4v) is 3.70. The first kappa shape index (κ1) is 16.6. The van der Waals surface area contributed by atoms with Gasteiger partial charge >= 0.3 is 0 Å². The Labute approximate surface area is 157 Å². The summed E-state index contributed by atoms with van der Waals surface area (Å²) >= 11 is 1.73. The van der Waals surface area contributed by atoms with Gasteiger partial charge in [0, 0.05) is 21.6 Å². The highest BCUT2D eigenvalue weighted by Crippen LogP contribution is 2.35. The Morgan fingerprint density at radius 3 is 2.31 bits per heavy atom. The SMILES string of the molecule is Cc1c(-c2cccs2)cc(-c2ccccc2)nc1OCc1ccccc1. The van der Waals surface area contributed by atoms with Crippen LogP contribution in [0.5, 0.6) is 5.88 Å². The van der Waals surface area contributed by atoms with Gasteiger partial charge in [-0.25, -0.2) is 4.98 Å². The zero-order valence-corrected chi connectivity index (χ0v) is 15.4. The highest BCUT2D eigenvalue weighted by Gasteiger charge is 2.14. The van der Waals surface area contributed by atoms with Crippen LogP contribution >= 0.6 is 11.3 Å². The predicted molar refractivity (Wildman–Crippen MR) is 108 cm³/mol. The van der Waals surface area contributed by atoms with E-state index in [1.54, 1.807) is 11.3 Å². The maximum Gasteiger partial charge on any atom is 0.217 e. The van der Waals surface area contributed by atoms with Crippen molar-refractivity contribution < 1.29 is 4.74 Å². The van der Waals surface area contributed by atoms with E-state index in [9.17, 15) is 0 Å². The van der Waals surface area contributed by atoms with Gasteiger partial charge in [0.1, 0.15) is 6.61 Å². The second kappa shape index (κ2) is 7.54. The first-order valence-electron chi connectivity index (χ1n) is 8.59. The minimum Gasteiger partial charge on any atom is -0.473 e. The lowest BCUT2D eigenvalue weighted by molar-refractivity contribution is 0.292. The van der Waals surface area contributed by atoms with Crippen LogP contribution < -0.4 is 4.74 Å². The molecule has 2 nitrogen and oxygen atoms in total. The summed E-state index contributed by atoms with van der Waals surface area (Å²) in [6, 6.07) is 26.8. The summed E-state index contributed by atoms with van der Waals surface area (Å²) in [4.78, 5) is 6.04. The molecule has 0 saturated heterocycles. The number of ether oxygens (including phenoxy) is 1. The van der Waals surface area contributed by atoms with Crippen molar-refractivity contribution in [3.63, 3.8) is 0 Å². The number of hydrogen-bond acceptors (Lipinski definition) is 3. The zero-order valence-electron chi connectivity index (χ0n) is 14.6. The molecule has 0 radical (unpaired) electrons. The largest absolute Gasteiger partial charge is 0.473 e. The third kappa shape index (κ3) is 3.53. The van der Waals surface area contributed by atoms with E-state index in [4.69, 9.17) is 9.72 Å². The van der Waals surface area contributed by atoms with Crippen LogP contribution in [-0.2, 0) is 6.61 Å². The van der Waals surface area contributed by atoms with Crippen molar-refractivity contribution in [3.8, 4) is 27.6 Å². The molecule has 3 heteroatoms. The monoisotopic (exact) mass is 357 g/mol. The lowest BCUT2D eigenvalue weighted by Crippen LogP contribution is -2.01. The number of rotatable bonds is 5. The molecule has 0 aliphatic carbocycles. The normalized spacial score (nSPS) is 10.7. The smallest absolute Gasteiger partial charge is 0.217 e. The van der Waals surface area contributed by atoms with Gasteiger partial charge < -0.3 is 4.74 Å². The summed E-state index contributed by atoms with van der Waals surface area (Å²) in [5.74, 6) is 0.693. The standard InChI is InChI=1S/C23H19NOS/c1-17-20(22-13-8-14-26-22)15-21(19-11-6-3-7-12-19)24-23(17)25-16-18-9-4-2-5-10-18/h2-15H,16H2,1H3. The number of thiophene rings is 1. The molecule has 0 atom stereocenters. The van der Waals surface area contributed by atoms with Crippen molar-refractivity contribution in [2.24, 2.45) is 0 Å². The molecule has 0 spiro atoms. The average Bonchev–Trinajstić information content (AvgIpc) is 3.23. The van der Waals surface area contributed by atoms with Gasteiger partial charge in [0.15, 0.2) is 0 Å². The van der Waals surface area contributed by atoms with Gasteiger partial charge in [-0.2, -0.15) is 0 Å². The highest BCUT2D eigenvalue weighted by molar-refractivity contribution is 7.13. The minimum absolute atomic E-state index is 0.511.